The SMILES string of the molecule is CC1CC1CNc1ccc(Br)cc1[N+](=O)[O-]. The minimum Gasteiger partial charge on any atom is -0.379 e. The van der Waals surface area contributed by atoms with Crippen molar-refractivity contribution in [1.82, 2.24) is 0 Å². The highest BCUT2D eigenvalue weighted by Crippen LogP contribution is 2.38. The molecule has 2 rings (SSSR count). The summed E-state index contributed by atoms with van der Waals surface area (Å²) in [6.07, 6.45) is 1.22. The zero-order valence-corrected chi connectivity index (χ0v) is 10.5. The van der Waals surface area contributed by atoms with Crippen molar-refractivity contribution < 1.29 is 4.92 Å². The van der Waals surface area contributed by atoms with E-state index in [1.807, 2.05) is 6.07 Å². The van der Waals surface area contributed by atoms with Gasteiger partial charge < -0.3 is 5.32 Å². The summed E-state index contributed by atoms with van der Waals surface area (Å²) in [7, 11) is 0. The van der Waals surface area contributed by atoms with Gasteiger partial charge in [-0.2, -0.15) is 0 Å². The van der Waals surface area contributed by atoms with Crippen LogP contribution in [0.4, 0.5) is 11.4 Å². The number of benzene rings is 1. The van der Waals surface area contributed by atoms with Gasteiger partial charge in [0, 0.05) is 17.1 Å². The van der Waals surface area contributed by atoms with E-state index in [4.69, 9.17) is 0 Å². The Morgan fingerprint density at radius 3 is 2.88 bits per heavy atom. The number of anilines is 1. The number of nitro benzene ring substituents is 1. The highest BCUT2D eigenvalue weighted by Gasteiger charge is 2.32. The van der Waals surface area contributed by atoms with Gasteiger partial charge in [-0.1, -0.05) is 22.9 Å². The lowest BCUT2D eigenvalue weighted by atomic mass is 10.2. The molecule has 2 unspecified atom stereocenters. The van der Waals surface area contributed by atoms with Gasteiger partial charge in [0.15, 0.2) is 0 Å². The monoisotopic (exact) mass is 284 g/mol. The molecule has 1 aromatic rings. The molecule has 86 valence electrons. The smallest absolute Gasteiger partial charge is 0.293 e. The van der Waals surface area contributed by atoms with E-state index >= 15 is 0 Å². The van der Waals surface area contributed by atoms with E-state index in [9.17, 15) is 10.1 Å². The Morgan fingerprint density at radius 2 is 2.31 bits per heavy atom. The van der Waals surface area contributed by atoms with Crippen LogP contribution in [0, 0.1) is 22.0 Å². The number of rotatable bonds is 4. The number of nitrogens with one attached hydrogen (secondary N) is 1. The molecular formula is C11H13BrN2O2. The minimum absolute atomic E-state index is 0.127. The van der Waals surface area contributed by atoms with Crippen LogP contribution in [-0.4, -0.2) is 11.5 Å². The summed E-state index contributed by atoms with van der Waals surface area (Å²) in [6.45, 7) is 3.02. The number of halogens is 1. The normalized spacial score (nSPS) is 22.9. The largest absolute Gasteiger partial charge is 0.379 e. The number of hydrogen-bond donors (Lipinski definition) is 1. The lowest BCUT2D eigenvalue weighted by molar-refractivity contribution is -0.384. The summed E-state index contributed by atoms with van der Waals surface area (Å²) in [4.78, 5) is 10.5. The first kappa shape index (κ1) is 11.4. The Bertz CT molecular complexity index is 422. The molecule has 1 aromatic carbocycles. The third kappa shape index (κ3) is 2.52. The van der Waals surface area contributed by atoms with Gasteiger partial charge in [0.05, 0.1) is 4.92 Å². The van der Waals surface area contributed by atoms with E-state index in [-0.39, 0.29) is 10.6 Å². The molecule has 0 aromatic heterocycles. The van der Waals surface area contributed by atoms with Gasteiger partial charge in [-0.05, 0) is 30.4 Å². The summed E-state index contributed by atoms with van der Waals surface area (Å²) < 4.78 is 0.726. The lowest BCUT2D eigenvalue weighted by Gasteiger charge is -2.06. The van der Waals surface area contributed by atoms with Crippen LogP contribution in [0.3, 0.4) is 0 Å². The van der Waals surface area contributed by atoms with Crippen LogP contribution in [0.15, 0.2) is 22.7 Å². The summed E-state index contributed by atoms with van der Waals surface area (Å²) in [5.74, 6) is 1.42. The van der Waals surface area contributed by atoms with Crippen molar-refractivity contribution in [3.63, 3.8) is 0 Å². The molecule has 5 heteroatoms. The fraction of sp³-hybridized carbons (Fsp3) is 0.455. The molecule has 0 aliphatic heterocycles. The van der Waals surface area contributed by atoms with Crippen LogP contribution in [0.2, 0.25) is 0 Å². The molecule has 16 heavy (non-hydrogen) atoms. The number of hydrogen-bond acceptors (Lipinski definition) is 3. The van der Waals surface area contributed by atoms with E-state index in [1.54, 1.807) is 6.07 Å². The summed E-state index contributed by atoms with van der Waals surface area (Å²) >= 11 is 3.23. The zero-order valence-electron chi connectivity index (χ0n) is 8.94. The van der Waals surface area contributed by atoms with Crippen LogP contribution in [0.1, 0.15) is 13.3 Å². The van der Waals surface area contributed by atoms with Crippen molar-refractivity contribution in [3.8, 4) is 0 Å². The predicted octanol–water partition coefficient (Wildman–Crippen LogP) is 3.43. The van der Waals surface area contributed by atoms with Gasteiger partial charge in [-0.15, -0.1) is 0 Å². The van der Waals surface area contributed by atoms with Crippen molar-refractivity contribution in [3.05, 3.63) is 32.8 Å². The van der Waals surface area contributed by atoms with Gasteiger partial charge in [-0.3, -0.25) is 10.1 Å². The molecule has 0 amide bonds. The Balaban J connectivity index is 2.09. The zero-order chi connectivity index (χ0) is 11.7. The van der Waals surface area contributed by atoms with Crippen molar-refractivity contribution in [1.29, 1.82) is 0 Å². The highest BCUT2D eigenvalue weighted by atomic mass is 79.9. The van der Waals surface area contributed by atoms with Crippen molar-refractivity contribution in [2.24, 2.45) is 11.8 Å². The van der Waals surface area contributed by atoms with Gasteiger partial charge in [0.25, 0.3) is 5.69 Å². The lowest BCUT2D eigenvalue weighted by Crippen LogP contribution is -2.06. The van der Waals surface area contributed by atoms with Gasteiger partial charge in [0.1, 0.15) is 5.69 Å². The first-order chi connectivity index (χ1) is 7.58. The molecule has 1 aliphatic rings. The van der Waals surface area contributed by atoms with Crippen LogP contribution in [0.5, 0.6) is 0 Å². The summed E-state index contributed by atoms with van der Waals surface area (Å²) in [6, 6.07) is 5.08. The average molecular weight is 285 g/mol. The van der Waals surface area contributed by atoms with E-state index < -0.39 is 0 Å². The standard InChI is InChI=1S/C11H13BrN2O2/c1-7-4-8(7)6-13-10-3-2-9(12)5-11(10)14(15)16/h2-3,5,7-8,13H,4,6H2,1H3. The topological polar surface area (TPSA) is 55.2 Å². The molecule has 0 radical (unpaired) electrons. The minimum atomic E-state index is -0.358. The van der Waals surface area contributed by atoms with E-state index in [0.29, 0.717) is 11.6 Å². The average Bonchev–Trinajstić information content (AvgIpc) is 2.92. The molecule has 0 spiro atoms. The summed E-state index contributed by atoms with van der Waals surface area (Å²) in [5.41, 5.74) is 0.731. The molecule has 0 heterocycles. The van der Waals surface area contributed by atoms with E-state index in [1.165, 1.54) is 12.5 Å². The van der Waals surface area contributed by atoms with Crippen molar-refractivity contribution >= 4 is 27.3 Å². The molecule has 0 saturated heterocycles. The Labute approximate surface area is 102 Å². The van der Waals surface area contributed by atoms with Crippen molar-refractivity contribution in [2.45, 2.75) is 13.3 Å². The Morgan fingerprint density at radius 1 is 1.62 bits per heavy atom. The van der Waals surface area contributed by atoms with E-state index in [0.717, 1.165) is 16.9 Å². The second-order valence-electron chi connectivity index (χ2n) is 4.27. The molecule has 1 N–H and O–H groups in total. The molecular weight excluding hydrogens is 272 g/mol. The molecule has 0 bridgehead atoms. The maximum atomic E-state index is 10.8. The molecule has 1 aliphatic carbocycles. The van der Waals surface area contributed by atoms with E-state index in [2.05, 4.69) is 28.2 Å². The third-order valence-electron chi connectivity index (χ3n) is 2.99. The van der Waals surface area contributed by atoms with Gasteiger partial charge >= 0.3 is 0 Å². The molecule has 1 fully saturated rings. The quantitative estimate of drug-likeness (QED) is 0.681. The number of nitrogens with zero attached hydrogens (tertiary/aromatic N) is 1. The Kier molecular flexibility index (Phi) is 3.14. The first-order valence-corrected chi connectivity index (χ1v) is 6.05. The van der Waals surface area contributed by atoms with Gasteiger partial charge in [0.2, 0.25) is 0 Å². The highest BCUT2D eigenvalue weighted by molar-refractivity contribution is 9.10. The molecule has 1 saturated carbocycles. The molecule has 2 atom stereocenters. The second-order valence-corrected chi connectivity index (χ2v) is 5.19. The van der Waals surface area contributed by atoms with Crippen molar-refractivity contribution in [2.75, 3.05) is 11.9 Å². The van der Waals surface area contributed by atoms with Crippen LogP contribution in [0.25, 0.3) is 0 Å². The fourth-order valence-electron chi connectivity index (χ4n) is 1.73. The number of nitro groups is 1. The van der Waals surface area contributed by atoms with Gasteiger partial charge in [-0.25, -0.2) is 0 Å². The maximum Gasteiger partial charge on any atom is 0.293 e. The third-order valence-corrected chi connectivity index (χ3v) is 3.48. The maximum absolute atomic E-state index is 10.8. The fourth-order valence-corrected chi connectivity index (χ4v) is 2.08. The predicted molar refractivity (Wildman–Crippen MR) is 66.6 cm³/mol. The van der Waals surface area contributed by atoms with Crippen LogP contribution < -0.4 is 5.32 Å². The molecule has 4 nitrogen and oxygen atoms in total. The Hall–Kier alpha value is -1.10. The summed E-state index contributed by atoms with van der Waals surface area (Å²) in [5, 5.41) is 14.0. The van der Waals surface area contributed by atoms with Crippen LogP contribution in [-0.2, 0) is 0 Å². The first-order valence-electron chi connectivity index (χ1n) is 5.25. The van der Waals surface area contributed by atoms with Crippen LogP contribution >= 0.6 is 15.9 Å². The second kappa shape index (κ2) is 4.41.